The van der Waals surface area contributed by atoms with Crippen LogP contribution < -0.4 is 21.3 Å². The summed E-state index contributed by atoms with van der Waals surface area (Å²) in [6.45, 7) is 15.8. The van der Waals surface area contributed by atoms with E-state index < -0.39 is 12.1 Å². The Bertz CT molecular complexity index is 905. The average Bonchev–Trinajstić information content (AvgIpc) is 3.06. The summed E-state index contributed by atoms with van der Waals surface area (Å²) >= 11 is 0. The average molecular weight is 693 g/mol. The van der Waals surface area contributed by atoms with Crippen molar-refractivity contribution in [1.29, 1.82) is 0 Å². The maximum atomic E-state index is 13.4. The lowest BCUT2D eigenvalue weighted by atomic mass is 9.96. The number of carbonyl (C=O) groups excluding carboxylic acids is 5. The number of amides is 4. The Morgan fingerprint density at radius 2 is 0.959 bits per heavy atom. The van der Waals surface area contributed by atoms with Crippen LogP contribution in [0, 0.1) is 17.8 Å². The van der Waals surface area contributed by atoms with E-state index in [-0.39, 0.29) is 29.4 Å². The first kappa shape index (κ1) is 46.5. The molecule has 9 heteroatoms. The lowest BCUT2D eigenvalue weighted by Crippen LogP contribution is -2.51. The molecule has 9 nitrogen and oxygen atoms in total. The molecule has 0 saturated carbocycles. The molecule has 0 fully saturated rings. The highest BCUT2D eigenvalue weighted by molar-refractivity contribution is 5.92. The fourth-order valence-corrected chi connectivity index (χ4v) is 6.00. The molecule has 286 valence electrons. The summed E-state index contributed by atoms with van der Waals surface area (Å²) in [6, 6.07) is -1.38. The molecule has 0 aliphatic rings. The van der Waals surface area contributed by atoms with Gasteiger partial charge in [-0.3, -0.25) is 24.0 Å². The maximum Gasteiger partial charge on any atom is 0.243 e. The van der Waals surface area contributed by atoms with Crippen molar-refractivity contribution in [1.82, 2.24) is 21.3 Å². The van der Waals surface area contributed by atoms with Crippen molar-refractivity contribution in [3.05, 3.63) is 0 Å². The maximum absolute atomic E-state index is 13.4. The second-order valence-corrected chi connectivity index (χ2v) is 14.8. The van der Waals surface area contributed by atoms with E-state index in [1.54, 1.807) is 0 Å². The standard InChI is InChI=1S/C40H76N4O5/c1-8-32(6)22-12-15-27-38(47)42-30-20-18-25-36(43-39(48)28-16-13-23-34(9-2)10-3)40(49)44-35(33(7)45)24-17-19-29-41-37(46)26-14-11-21-31(4)5/h31-32,34-36H,8-30H2,1-7H3,(H,41,46)(H,42,47)(H,43,48)(H,44,49). The van der Waals surface area contributed by atoms with Crippen molar-refractivity contribution in [3.63, 3.8) is 0 Å². The molecule has 4 amide bonds. The van der Waals surface area contributed by atoms with Crippen LogP contribution in [0.15, 0.2) is 0 Å². The normalized spacial score (nSPS) is 13.2. The third kappa shape index (κ3) is 27.0. The van der Waals surface area contributed by atoms with Crippen LogP contribution in [0.5, 0.6) is 0 Å². The van der Waals surface area contributed by atoms with Crippen molar-refractivity contribution in [2.45, 2.75) is 195 Å². The van der Waals surface area contributed by atoms with E-state index >= 15 is 0 Å². The van der Waals surface area contributed by atoms with E-state index in [9.17, 15) is 24.0 Å². The van der Waals surface area contributed by atoms with Gasteiger partial charge in [-0.1, -0.05) is 99.3 Å². The van der Waals surface area contributed by atoms with Crippen molar-refractivity contribution in [3.8, 4) is 0 Å². The number of hydrogen-bond acceptors (Lipinski definition) is 5. The zero-order valence-corrected chi connectivity index (χ0v) is 32.7. The monoisotopic (exact) mass is 693 g/mol. The van der Waals surface area contributed by atoms with E-state index in [1.807, 2.05) is 0 Å². The first-order valence-corrected chi connectivity index (χ1v) is 20.1. The van der Waals surface area contributed by atoms with Gasteiger partial charge in [-0.2, -0.15) is 0 Å². The number of nitrogens with one attached hydrogen (secondary N) is 4. The molecule has 49 heavy (non-hydrogen) atoms. The minimum Gasteiger partial charge on any atom is -0.356 e. The van der Waals surface area contributed by atoms with Crippen LogP contribution in [0.2, 0.25) is 0 Å². The van der Waals surface area contributed by atoms with Crippen LogP contribution in [0.4, 0.5) is 0 Å². The highest BCUT2D eigenvalue weighted by Gasteiger charge is 2.25. The molecule has 0 radical (unpaired) electrons. The molecule has 0 bridgehead atoms. The Balaban J connectivity index is 4.87. The second-order valence-electron chi connectivity index (χ2n) is 14.8. The molecule has 4 N–H and O–H groups in total. The van der Waals surface area contributed by atoms with Crippen LogP contribution in [-0.2, 0) is 24.0 Å². The molecular formula is C40H76N4O5. The SMILES string of the molecule is CCC(C)CCCCC(=O)NCCCCC(NC(=O)CCCCC(CC)CC)C(=O)NC(CCCCNC(=O)CCCCC(C)C)C(C)=O. The largest absolute Gasteiger partial charge is 0.356 e. The van der Waals surface area contributed by atoms with Crippen LogP contribution in [0.3, 0.4) is 0 Å². The van der Waals surface area contributed by atoms with Crippen molar-refractivity contribution in [2.75, 3.05) is 13.1 Å². The van der Waals surface area contributed by atoms with Crippen molar-refractivity contribution < 1.29 is 24.0 Å². The number of rotatable bonds is 32. The molecule has 0 aliphatic heterocycles. The quantitative estimate of drug-likeness (QED) is 0.0532. The van der Waals surface area contributed by atoms with Gasteiger partial charge in [-0.05, 0) is 82.5 Å². The first-order valence-electron chi connectivity index (χ1n) is 20.1. The Morgan fingerprint density at radius 3 is 1.45 bits per heavy atom. The Kier molecular flexibility index (Phi) is 28.9. The van der Waals surface area contributed by atoms with E-state index in [1.165, 1.54) is 13.3 Å². The number of carbonyl (C=O) groups is 5. The summed E-state index contributed by atoms with van der Waals surface area (Å²) in [6.07, 6.45) is 17.6. The minimum atomic E-state index is -0.736. The molecular weight excluding hydrogens is 616 g/mol. The zero-order chi connectivity index (χ0) is 36.9. The summed E-state index contributed by atoms with van der Waals surface area (Å²) in [5, 5.41) is 11.8. The van der Waals surface area contributed by atoms with Gasteiger partial charge in [0.15, 0.2) is 5.78 Å². The van der Waals surface area contributed by atoms with E-state index in [0.29, 0.717) is 82.2 Å². The number of hydrogen-bond donors (Lipinski definition) is 4. The summed E-state index contributed by atoms with van der Waals surface area (Å²) in [5.74, 6) is 1.54. The molecule has 0 aliphatic carbocycles. The number of Topliss-reactive ketones (excluding diaryl/α,β-unsaturated/α-hetero) is 1. The Hall–Kier alpha value is -2.45. The van der Waals surface area contributed by atoms with Gasteiger partial charge in [0.1, 0.15) is 6.04 Å². The van der Waals surface area contributed by atoms with Gasteiger partial charge in [0, 0.05) is 32.4 Å². The topological polar surface area (TPSA) is 133 Å². The van der Waals surface area contributed by atoms with Crippen molar-refractivity contribution >= 4 is 29.4 Å². The molecule has 0 aromatic carbocycles. The highest BCUT2D eigenvalue weighted by atomic mass is 16.2. The fourth-order valence-electron chi connectivity index (χ4n) is 6.00. The summed E-state index contributed by atoms with van der Waals surface area (Å²) in [5.41, 5.74) is 0. The van der Waals surface area contributed by atoms with Crippen LogP contribution in [0.25, 0.3) is 0 Å². The van der Waals surface area contributed by atoms with E-state index in [0.717, 1.165) is 77.0 Å². The lowest BCUT2D eigenvalue weighted by Gasteiger charge is -2.22. The second kappa shape index (κ2) is 30.4. The summed E-state index contributed by atoms with van der Waals surface area (Å²) in [4.78, 5) is 63.1. The highest BCUT2D eigenvalue weighted by Crippen LogP contribution is 2.17. The van der Waals surface area contributed by atoms with Gasteiger partial charge in [0.2, 0.25) is 23.6 Å². The third-order valence-corrected chi connectivity index (χ3v) is 9.85. The van der Waals surface area contributed by atoms with Gasteiger partial charge in [0.25, 0.3) is 0 Å². The van der Waals surface area contributed by atoms with Gasteiger partial charge < -0.3 is 21.3 Å². The summed E-state index contributed by atoms with van der Waals surface area (Å²) < 4.78 is 0. The Morgan fingerprint density at radius 1 is 0.490 bits per heavy atom. The predicted octanol–water partition coefficient (Wildman–Crippen LogP) is 7.94. The van der Waals surface area contributed by atoms with Gasteiger partial charge in [-0.25, -0.2) is 0 Å². The first-order chi connectivity index (χ1) is 23.4. The molecule has 0 aromatic rings. The smallest absolute Gasteiger partial charge is 0.243 e. The van der Waals surface area contributed by atoms with Gasteiger partial charge in [-0.15, -0.1) is 0 Å². The van der Waals surface area contributed by atoms with E-state index in [2.05, 4.69) is 62.8 Å². The van der Waals surface area contributed by atoms with Crippen LogP contribution in [0.1, 0.15) is 183 Å². The molecule has 3 atom stereocenters. The Labute approximate surface area is 300 Å². The molecule has 3 unspecified atom stereocenters. The van der Waals surface area contributed by atoms with Gasteiger partial charge >= 0.3 is 0 Å². The molecule has 0 heterocycles. The molecule has 0 saturated heterocycles. The minimum absolute atomic E-state index is 0.0608. The zero-order valence-electron chi connectivity index (χ0n) is 32.7. The molecule has 0 spiro atoms. The molecule has 0 rings (SSSR count). The fraction of sp³-hybridized carbons (Fsp3) is 0.875. The number of unbranched alkanes of at least 4 members (excludes halogenated alkanes) is 5. The van der Waals surface area contributed by atoms with Crippen LogP contribution in [-0.4, -0.2) is 54.6 Å². The third-order valence-electron chi connectivity index (χ3n) is 9.85. The predicted molar refractivity (Wildman–Crippen MR) is 202 cm³/mol. The summed E-state index contributed by atoms with van der Waals surface area (Å²) in [7, 11) is 0. The van der Waals surface area contributed by atoms with Gasteiger partial charge in [0.05, 0.1) is 6.04 Å². The van der Waals surface area contributed by atoms with Crippen LogP contribution >= 0.6 is 0 Å². The molecule has 0 aromatic heterocycles. The van der Waals surface area contributed by atoms with Crippen molar-refractivity contribution in [2.24, 2.45) is 17.8 Å². The van der Waals surface area contributed by atoms with E-state index in [4.69, 9.17) is 0 Å². The lowest BCUT2D eigenvalue weighted by molar-refractivity contribution is -0.131. The number of ketones is 1.